The second kappa shape index (κ2) is 9.69. The number of ether oxygens (including phenoxy) is 1. The van der Waals surface area contributed by atoms with Crippen molar-refractivity contribution in [3.8, 4) is 5.75 Å². The van der Waals surface area contributed by atoms with Crippen molar-refractivity contribution in [3.05, 3.63) is 88.9 Å². The molecule has 3 aromatic carbocycles. The van der Waals surface area contributed by atoms with Gasteiger partial charge in [0.1, 0.15) is 5.75 Å². The SMILES string of the molecule is O=C(NN=Cc1ccccc1Sc1ccc(Cl)cc1)c1ccc(OC(F)(F)F)cc1. The smallest absolute Gasteiger partial charge is 0.406 e. The monoisotopic (exact) mass is 450 g/mol. The molecule has 9 heteroatoms. The van der Waals surface area contributed by atoms with E-state index in [4.69, 9.17) is 11.6 Å². The molecule has 0 saturated heterocycles. The van der Waals surface area contributed by atoms with Crippen molar-refractivity contribution in [1.82, 2.24) is 5.43 Å². The molecule has 0 heterocycles. The van der Waals surface area contributed by atoms with E-state index in [0.29, 0.717) is 5.02 Å². The van der Waals surface area contributed by atoms with Gasteiger partial charge < -0.3 is 4.74 Å². The van der Waals surface area contributed by atoms with Gasteiger partial charge in [0.2, 0.25) is 0 Å². The van der Waals surface area contributed by atoms with E-state index in [1.165, 1.54) is 30.1 Å². The van der Waals surface area contributed by atoms with Gasteiger partial charge in [-0.15, -0.1) is 13.2 Å². The summed E-state index contributed by atoms with van der Waals surface area (Å²) in [7, 11) is 0. The van der Waals surface area contributed by atoms with Gasteiger partial charge >= 0.3 is 6.36 Å². The van der Waals surface area contributed by atoms with Gasteiger partial charge in [0, 0.05) is 25.9 Å². The highest BCUT2D eigenvalue weighted by molar-refractivity contribution is 7.99. The zero-order valence-corrected chi connectivity index (χ0v) is 16.8. The number of hydrazone groups is 1. The van der Waals surface area contributed by atoms with Crippen molar-refractivity contribution in [3.63, 3.8) is 0 Å². The molecular weight excluding hydrogens is 437 g/mol. The van der Waals surface area contributed by atoms with Crippen LogP contribution >= 0.6 is 23.4 Å². The number of halogens is 4. The highest BCUT2D eigenvalue weighted by atomic mass is 35.5. The van der Waals surface area contributed by atoms with E-state index in [0.717, 1.165) is 27.5 Å². The van der Waals surface area contributed by atoms with Gasteiger partial charge in [0.25, 0.3) is 5.91 Å². The maximum Gasteiger partial charge on any atom is 0.573 e. The largest absolute Gasteiger partial charge is 0.573 e. The van der Waals surface area contributed by atoms with Crippen LogP contribution in [-0.2, 0) is 0 Å². The van der Waals surface area contributed by atoms with Gasteiger partial charge in [-0.2, -0.15) is 5.10 Å². The lowest BCUT2D eigenvalue weighted by Crippen LogP contribution is -2.19. The van der Waals surface area contributed by atoms with Crippen molar-refractivity contribution in [2.45, 2.75) is 16.2 Å². The van der Waals surface area contributed by atoms with Gasteiger partial charge in [-0.25, -0.2) is 5.43 Å². The molecule has 0 radical (unpaired) electrons. The first-order valence-corrected chi connectivity index (χ1v) is 9.71. The summed E-state index contributed by atoms with van der Waals surface area (Å²) >= 11 is 7.42. The highest BCUT2D eigenvalue weighted by Crippen LogP contribution is 2.30. The van der Waals surface area contributed by atoms with Crippen molar-refractivity contribution in [2.24, 2.45) is 5.10 Å². The van der Waals surface area contributed by atoms with Crippen LogP contribution in [0.2, 0.25) is 5.02 Å². The Bertz CT molecular complexity index is 1040. The summed E-state index contributed by atoms with van der Waals surface area (Å²) in [5, 5.41) is 4.59. The molecule has 1 N–H and O–H groups in total. The summed E-state index contributed by atoms with van der Waals surface area (Å²) in [5.74, 6) is -0.969. The Morgan fingerprint density at radius 2 is 1.67 bits per heavy atom. The topological polar surface area (TPSA) is 50.7 Å². The van der Waals surface area contributed by atoms with Crippen molar-refractivity contribution >= 4 is 35.5 Å². The molecule has 0 aromatic heterocycles. The molecule has 0 aliphatic rings. The summed E-state index contributed by atoms with van der Waals surface area (Å²) in [6.45, 7) is 0. The van der Waals surface area contributed by atoms with E-state index in [9.17, 15) is 18.0 Å². The van der Waals surface area contributed by atoms with Crippen molar-refractivity contribution < 1.29 is 22.7 Å². The van der Waals surface area contributed by atoms with E-state index >= 15 is 0 Å². The van der Waals surface area contributed by atoms with Gasteiger partial charge in [-0.3, -0.25) is 4.79 Å². The third-order valence-electron chi connectivity index (χ3n) is 3.68. The molecule has 30 heavy (non-hydrogen) atoms. The van der Waals surface area contributed by atoms with E-state index < -0.39 is 18.0 Å². The molecule has 0 atom stereocenters. The Kier molecular flexibility index (Phi) is 7.02. The summed E-state index contributed by atoms with van der Waals surface area (Å²) < 4.78 is 40.3. The maximum absolute atomic E-state index is 12.2. The first-order chi connectivity index (χ1) is 14.3. The lowest BCUT2D eigenvalue weighted by atomic mass is 10.2. The summed E-state index contributed by atoms with van der Waals surface area (Å²) in [5.41, 5.74) is 3.28. The van der Waals surface area contributed by atoms with E-state index in [2.05, 4.69) is 15.3 Å². The van der Waals surface area contributed by atoms with Crippen LogP contribution in [0.3, 0.4) is 0 Å². The minimum absolute atomic E-state index is 0.144. The fraction of sp³-hybridized carbons (Fsp3) is 0.0476. The van der Waals surface area contributed by atoms with E-state index in [1.54, 1.807) is 12.1 Å². The molecular formula is C21H14ClF3N2O2S. The second-order valence-electron chi connectivity index (χ2n) is 5.87. The van der Waals surface area contributed by atoms with Crippen LogP contribution < -0.4 is 10.2 Å². The second-order valence-corrected chi connectivity index (χ2v) is 7.42. The third kappa shape index (κ3) is 6.53. The number of hydrogen-bond donors (Lipinski definition) is 1. The molecule has 1 amide bonds. The van der Waals surface area contributed by atoms with Crippen molar-refractivity contribution in [2.75, 3.05) is 0 Å². The number of alkyl halides is 3. The first kappa shape index (κ1) is 21.7. The van der Waals surface area contributed by atoms with Crippen LogP contribution in [0.1, 0.15) is 15.9 Å². The number of nitrogens with one attached hydrogen (secondary N) is 1. The van der Waals surface area contributed by atoms with Crippen LogP contribution in [0.4, 0.5) is 13.2 Å². The summed E-state index contributed by atoms with van der Waals surface area (Å²) in [6.07, 6.45) is -3.29. The van der Waals surface area contributed by atoms with Gasteiger partial charge in [-0.1, -0.05) is 41.6 Å². The molecule has 0 fully saturated rings. The maximum atomic E-state index is 12.2. The zero-order chi connectivity index (χ0) is 21.6. The van der Waals surface area contributed by atoms with Crippen LogP contribution in [0.15, 0.2) is 87.7 Å². The van der Waals surface area contributed by atoms with Crippen LogP contribution in [0.5, 0.6) is 5.75 Å². The molecule has 0 saturated carbocycles. The molecule has 0 bridgehead atoms. The van der Waals surface area contributed by atoms with Gasteiger partial charge in [-0.05, 0) is 54.6 Å². The molecule has 0 aliphatic carbocycles. The predicted molar refractivity (Wildman–Crippen MR) is 110 cm³/mol. The molecule has 3 aromatic rings. The number of hydrogen-bond acceptors (Lipinski definition) is 4. The van der Waals surface area contributed by atoms with Gasteiger partial charge in [0.15, 0.2) is 0 Å². The normalized spacial score (nSPS) is 11.5. The lowest BCUT2D eigenvalue weighted by molar-refractivity contribution is -0.274. The Morgan fingerprint density at radius 3 is 2.33 bits per heavy atom. The van der Waals surface area contributed by atoms with Crippen LogP contribution in [0, 0.1) is 0 Å². The number of rotatable bonds is 6. The molecule has 0 aliphatic heterocycles. The average molecular weight is 451 g/mol. The number of benzene rings is 3. The first-order valence-electron chi connectivity index (χ1n) is 8.52. The quantitative estimate of drug-likeness (QED) is 0.362. The highest BCUT2D eigenvalue weighted by Gasteiger charge is 2.31. The summed E-state index contributed by atoms with van der Waals surface area (Å²) in [4.78, 5) is 14.0. The standard InChI is InChI=1S/C21H14ClF3N2O2S/c22-16-7-11-18(12-8-16)30-19-4-2-1-3-15(19)13-26-27-20(28)14-5-9-17(10-6-14)29-21(23,24)25/h1-13H,(H,27,28). The van der Waals surface area contributed by atoms with Crippen LogP contribution in [0.25, 0.3) is 0 Å². The molecule has 4 nitrogen and oxygen atoms in total. The molecule has 0 unspecified atom stereocenters. The Hall–Kier alpha value is -2.97. The van der Waals surface area contributed by atoms with Gasteiger partial charge in [0.05, 0.1) is 6.21 Å². The number of carbonyl (C=O) groups is 1. The predicted octanol–water partition coefficient (Wildman–Crippen LogP) is 6.15. The lowest BCUT2D eigenvalue weighted by Gasteiger charge is -2.09. The minimum Gasteiger partial charge on any atom is -0.406 e. The number of nitrogens with zero attached hydrogens (tertiary/aromatic N) is 1. The number of amides is 1. The van der Waals surface area contributed by atoms with Crippen LogP contribution in [-0.4, -0.2) is 18.5 Å². The van der Waals surface area contributed by atoms with E-state index in [1.807, 2.05) is 36.4 Å². The van der Waals surface area contributed by atoms with Crippen molar-refractivity contribution in [1.29, 1.82) is 0 Å². The Labute approximate surface area is 179 Å². The average Bonchev–Trinajstić information content (AvgIpc) is 2.70. The Morgan fingerprint density at radius 1 is 1.00 bits per heavy atom. The molecule has 154 valence electrons. The molecule has 0 spiro atoms. The fourth-order valence-corrected chi connectivity index (χ4v) is 3.38. The summed E-state index contributed by atoms with van der Waals surface area (Å²) in [6, 6.07) is 19.4. The third-order valence-corrected chi connectivity index (χ3v) is 5.03. The minimum atomic E-state index is -4.79. The Balaban J connectivity index is 1.64. The fourth-order valence-electron chi connectivity index (χ4n) is 2.34. The number of carbonyl (C=O) groups excluding carboxylic acids is 1. The molecule has 3 rings (SSSR count). The van der Waals surface area contributed by atoms with E-state index in [-0.39, 0.29) is 5.56 Å². The zero-order valence-electron chi connectivity index (χ0n) is 15.2.